The number of aryl methyl sites for hydroxylation is 1. The van der Waals surface area contributed by atoms with Gasteiger partial charge >= 0.3 is 0 Å². The van der Waals surface area contributed by atoms with Crippen molar-refractivity contribution < 1.29 is 22.7 Å². The number of morpholine rings is 1. The average molecular weight is 499 g/mol. The molecule has 1 unspecified atom stereocenters. The lowest BCUT2D eigenvalue weighted by molar-refractivity contribution is -0.118. The number of rotatable bonds is 4. The van der Waals surface area contributed by atoms with E-state index in [1.54, 1.807) is 20.0 Å². The fraction of sp³-hybridized carbons (Fsp3) is 0.333. The quantitative estimate of drug-likeness (QED) is 0.630. The highest BCUT2D eigenvalue weighted by Gasteiger charge is 2.35. The monoisotopic (exact) mass is 498 g/mol. The first kappa shape index (κ1) is 23.0. The fourth-order valence-electron chi connectivity index (χ4n) is 3.84. The van der Waals surface area contributed by atoms with Crippen molar-refractivity contribution in [2.45, 2.75) is 11.8 Å². The van der Waals surface area contributed by atoms with Crippen LogP contribution >= 0.6 is 0 Å². The molecular weight excluding hydrogens is 476 g/mol. The number of fused-ring (bicyclic) bond motifs is 1. The summed E-state index contributed by atoms with van der Waals surface area (Å²) in [5, 5.41) is 12.6. The molecule has 1 N–H and O–H groups in total. The number of hydrogen-bond donors (Lipinski definition) is 1. The second-order valence-corrected chi connectivity index (χ2v) is 10.0. The molecule has 1 atom stereocenters. The normalized spacial score (nSPS) is 20.5. The molecule has 1 saturated heterocycles. The third-order valence-corrected chi connectivity index (χ3v) is 7.59. The molecule has 1 fully saturated rings. The fourth-order valence-corrected chi connectivity index (χ4v) is 5.25. The molecule has 0 saturated carbocycles. The van der Waals surface area contributed by atoms with Crippen LogP contribution in [0.15, 0.2) is 50.3 Å². The predicted octanol–water partition coefficient (Wildman–Crippen LogP) is 0.155. The van der Waals surface area contributed by atoms with E-state index in [0.717, 1.165) is 0 Å². The van der Waals surface area contributed by atoms with Crippen molar-refractivity contribution in [2.24, 2.45) is 21.0 Å². The van der Waals surface area contributed by atoms with Gasteiger partial charge in [-0.25, -0.2) is 8.42 Å². The highest BCUT2D eigenvalue weighted by Crippen LogP contribution is 2.21. The number of nitrogens with one attached hydrogen (secondary N) is 1. The Labute approximate surface area is 200 Å². The molecule has 1 aromatic heterocycles. The van der Waals surface area contributed by atoms with Crippen LogP contribution in [0.3, 0.4) is 0 Å². The lowest BCUT2D eigenvalue weighted by atomic mass is 10.1. The standard InChI is InChI=1S/C21H22N8O5S/c1-13-11-17(29(26-13)21-24-18-16(20(31)25-21)12-22-27(18)2)23-19(30)14-3-5-15(6-4-14)35(32,33)28-7-9-34-10-8-28/h3-6,11-12,16H,7-10H2,1-2H3,(H,23,30). The zero-order chi connectivity index (χ0) is 24.7. The van der Waals surface area contributed by atoms with Crippen molar-refractivity contribution >= 4 is 45.7 Å². The topological polar surface area (TPSA) is 151 Å². The van der Waals surface area contributed by atoms with Crippen LogP contribution in [0.1, 0.15) is 16.1 Å². The number of amides is 2. The van der Waals surface area contributed by atoms with Crippen molar-refractivity contribution in [3.05, 3.63) is 41.6 Å². The van der Waals surface area contributed by atoms with Gasteiger partial charge in [0.1, 0.15) is 17.6 Å². The molecule has 2 aromatic rings. The van der Waals surface area contributed by atoms with Gasteiger partial charge in [-0.2, -0.15) is 29.2 Å². The summed E-state index contributed by atoms with van der Waals surface area (Å²) in [6.07, 6.45) is 1.47. The zero-order valence-electron chi connectivity index (χ0n) is 18.9. The Bertz CT molecular complexity index is 1390. The van der Waals surface area contributed by atoms with E-state index in [1.165, 1.54) is 44.5 Å². The van der Waals surface area contributed by atoms with Crippen LogP contribution in [-0.4, -0.2) is 90.7 Å². The van der Waals surface area contributed by atoms with E-state index in [4.69, 9.17) is 4.74 Å². The lowest BCUT2D eigenvalue weighted by Gasteiger charge is -2.26. The Morgan fingerprint density at radius 1 is 1.14 bits per heavy atom. The number of benzene rings is 1. The number of hydrogen-bond acceptors (Lipinski definition) is 9. The molecule has 3 aliphatic heterocycles. The Kier molecular flexibility index (Phi) is 5.78. The molecule has 0 bridgehead atoms. The third-order valence-electron chi connectivity index (χ3n) is 5.68. The van der Waals surface area contributed by atoms with E-state index >= 15 is 0 Å². The summed E-state index contributed by atoms with van der Waals surface area (Å²) in [7, 11) is -2.00. The third kappa shape index (κ3) is 4.26. The van der Waals surface area contributed by atoms with Gasteiger partial charge in [-0.05, 0) is 31.2 Å². The van der Waals surface area contributed by atoms with Gasteiger partial charge in [0.05, 0.1) is 23.8 Å². The van der Waals surface area contributed by atoms with E-state index in [2.05, 4.69) is 25.5 Å². The lowest BCUT2D eigenvalue weighted by Crippen LogP contribution is -2.40. The summed E-state index contributed by atoms with van der Waals surface area (Å²) < 4.78 is 33.5. The summed E-state index contributed by atoms with van der Waals surface area (Å²) in [6.45, 7) is 2.99. The molecule has 5 rings (SSSR count). The second kappa shape index (κ2) is 8.79. The maximum atomic E-state index is 12.9. The highest BCUT2D eigenvalue weighted by molar-refractivity contribution is 7.89. The van der Waals surface area contributed by atoms with Crippen LogP contribution in [0.4, 0.5) is 5.82 Å². The molecule has 0 spiro atoms. The molecular formula is C21H22N8O5S. The van der Waals surface area contributed by atoms with Gasteiger partial charge in [0.15, 0.2) is 0 Å². The number of amidine groups is 1. The van der Waals surface area contributed by atoms with Gasteiger partial charge in [-0.1, -0.05) is 0 Å². The SMILES string of the molecule is Cc1cc(NC(=O)c2ccc(S(=O)(=O)N3CCOCC3)cc2)n(C2=NC(=O)C3C=NN(C)C3=N2)n1. The Morgan fingerprint density at radius 3 is 2.57 bits per heavy atom. The summed E-state index contributed by atoms with van der Waals surface area (Å²) in [5.74, 6) is -0.868. The van der Waals surface area contributed by atoms with E-state index in [-0.39, 0.29) is 35.3 Å². The van der Waals surface area contributed by atoms with Crippen LogP contribution < -0.4 is 5.32 Å². The van der Waals surface area contributed by atoms with Crippen LogP contribution in [0.25, 0.3) is 0 Å². The minimum absolute atomic E-state index is 0.00829. The Balaban J connectivity index is 1.36. The average Bonchev–Trinajstić information content (AvgIpc) is 3.42. The number of aliphatic imine (C=N–C) groups is 2. The number of anilines is 1. The zero-order valence-corrected chi connectivity index (χ0v) is 19.8. The molecule has 14 heteroatoms. The Hall–Kier alpha value is -3.75. The molecule has 3 aliphatic rings. The van der Waals surface area contributed by atoms with Crippen LogP contribution in [-0.2, 0) is 19.6 Å². The minimum Gasteiger partial charge on any atom is -0.379 e. The molecule has 13 nitrogen and oxygen atoms in total. The molecule has 4 heterocycles. The van der Waals surface area contributed by atoms with Gasteiger partial charge in [-0.15, -0.1) is 0 Å². The highest BCUT2D eigenvalue weighted by atomic mass is 32.2. The predicted molar refractivity (Wildman–Crippen MR) is 126 cm³/mol. The van der Waals surface area contributed by atoms with E-state index in [0.29, 0.717) is 24.7 Å². The van der Waals surface area contributed by atoms with Crippen molar-refractivity contribution in [3.63, 3.8) is 0 Å². The first-order valence-corrected chi connectivity index (χ1v) is 12.2. The number of carbonyl (C=O) groups excluding carboxylic acids is 2. The molecule has 1 aromatic carbocycles. The van der Waals surface area contributed by atoms with E-state index < -0.39 is 27.8 Å². The number of nitrogens with zero attached hydrogens (tertiary/aromatic N) is 7. The maximum absolute atomic E-state index is 12.9. The largest absolute Gasteiger partial charge is 0.379 e. The Morgan fingerprint density at radius 2 is 1.86 bits per heavy atom. The first-order valence-electron chi connectivity index (χ1n) is 10.8. The van der Waals surface area contributed by atoms with Gasteiger partial charge < -0.3 is 10.1 Å². The number of ether oxygens (including phenoxy) is 1. The van der Waals surface area contributed by atoms with Gasteiger partial charge in [0, 0.05) is 38.0 Å². The molecule has 2 amide bonds. The van der Waals surface area contributed by atoms with Gasteiger partial charge in [0.25, 0.3) is 17.8 Å². The van der Waals surface area contributed by atoms with Crippen molar-refractivity contribution in [3.8, 4) is 0 Å². The number of aromatic nitrogens is 2. The molecule has 0 radical (unpaired) electrons. The van der Waals surface area contributed by atoms with Crippen molar-refractivity contribution in [1.29, 1.82) is 0 Å². The number of hydrazone groups is 1. The molecule has 0 aliphatic carbocycles. The van der Waals surface area contributed by atoms with Crippen LogP contribution in [0.5, 0.6) is 0 Å². The smallest absolute Gasteiger partial charge is 0.265 e. The summed E-state index contributed by atoms with van der Waals surface area (Å²) in [4.78, 5) is 33.8. The van der Waals surface area contributed by atoms with E-state index in [9.17, 15) is 18.0 Å². The summed E-state index contributed by atoms with van der Waals surface area (Å²) >= 11 is 0. The van der Waals surface area contributed by atoms with Gasteiger partial charge in [0.2, 0.25) is 10.0 Å². The van der Waals surface area contributed by atoms with Crippen molar-refractivity contribution in [1.82, 2.24) is 19.1 Å². The summed E-state index contributed by atoms with van der Waals surface area (Å²) in [5.41, 5.74) is 0.814. The van der Waals surface area contributed by atoms with E-state index in [1.807, 2.05) is 0 Å². The number of sulfonamides is 1. The first-order chi connectivity index (χ1) is 16.7. The molecule has 35 heavy (non-hydrogen) atoms. The number of carbonyl (C=O) groups is 2. The van der Waals surface area contributed by atoms with Crippen LogP contribution in [0.2, 0.25) is 0 Å². The van der Waals surface area contributed by atoms with Crippen molar-refractivity contribution in [2.75, 3.05) is 38.7 Å². The second-order valence-electron chi connectivity index (χ2n) is 8.06. The summed E-state index contributed by atoms with van der Waals surface area (Å²) in [6, 6.07) is 7.28. The maximum Gasteiger partial charge on any atom is 0.265 e. The molecule has 182 valence electrons. The minimum atomic E-state index is -3.67. The van der Waals surface area contributed by atoms with Crippen LogP contribution in [0, 0.1) is 12.8 Å². The van der Waals surface area contributed by atoms with Gasteiger partial charge in [-0.3, -0.25) is 14.6 Å².